The molecule has 0 aromatic carbocycles. The quantitative estimate of drug-likeness (QED) is 0.621. The van der Waals surface area contributed by atoms with Gasteiger partial charge in [0.15, 0.2) is 0 Å². The van der Waals surface area contributed by atoms with Crippen LogP contribution in [0.5, 0.6) is 0 Å². The van der Waals surface area contributed by atoms with Crippen LogP contribution in [0.4, 0.5) is 0 Å². The molecule has 1 saturated heterocycles. The van der Waals surface area contributed by atoms with E-state index in [1.54, 1.807) is 0 Å². The smallest absolute Gasteiger partial charge is 0.218 e. The van der Waals surface area contributed by atoms with Gasteiger partial charge in [0.05, 0.1) is 6.04 Å². The molecule has 6 heteroatoms. The lowest BCUT2D eigenvalue weighted by molar-refractivity contribution is -0.118. The molecule has 12 heavy (non-hydrogen) atoms. The molecule has 0 radical (unpaired) electrons. The van der Waals surface area contributed by atoms with Gasteiger partial charge in [-0.1, -0.05) is 12.2 Å². The van der Waals surface area contributed by atoms with Crippen LogP contribution in [0.1, 0.15) is 12.8 Å². The number of primary amides is 1. The van der Waals surface area contributed by atoms with Gasteiger partial charge in [0, 0.05) is 6.42 Å². The summed E-state index contributed by atoms with van der Waals surface area (Å²) in [5.41, 5.74) is 4.93. The van der Waals surface area contributed by atoms with Gasteiger partial charge in [0.25, 0.3) is 0 Å². The van der Waals surface area contributed by atoms with Crippen molar-refractivity contribution >= 4 is 39.3 Å². The first-order chi connectivity index (χ1) is 5.59. The molecule has 4 nitrogen and oxygen atoms in total. The highest BCUT2D eigenvalue weighted by Crippen LogP contribution is 2.18. The fraction of sp³-hybridized carbons (Fsp3) is 0.500. The average Bonchev–Trinajstić information content (AvgIpc) is 2.26. The SMILES string of the molecule is NC(=O)CCC1NC(=S)SC1=O. The van der Waals surface area contributed by atoms with Crippen molar-refractivity contribution in [2.45, 2.75) is 18.9 Å². The second-order valence-corrected chi connectivity index (χ2v) is 4.09. The standard InChI is InChI=1S/C6H8N2O2S2/c7-4(9)2-1-3-5(10)12-6(11)8-3/h3H,1-2H2,(H2,7,9)(H,8,11). The zero-order chi connectivity index (χ0) is 9.14. The van der Waals surface area contributed by atoms with Crippen molar-refractivity contribution in [3.8, 4) is 0 Å². The summed E-state index contributed by atoms with van der Waals surface area (Å²) in [5, 5.41) is 2.77. The Balaban J connectivity index is 2.38. The molecule has 1 aliphatic rings. The molecule has 1 atom stereocenters. The van der Waals surface area contributed by atoms with Crippen LogP contribution in [-0.2, 0) is 9.59 Å². The number of carbonyl (C=O) groups excluding carboxylic acids is 2. The summed E-state index contributed by atoms with van der Waals surface area (Å²) >= 11 is 5.78. The molecule has 0 aromatic rings. The highest BCUT2D eigenvalue weighted by atomic mass is 32.2. The van der Waals surface area contributed by atoms with E-state index < -0.39 is 5.91 Å². The predicted octanol–water partition coefficient (Wildman–Crippen LogP) is -0.232. The van der Waals surface area contributed by atoms with E-state index >= 15 is 0 Å². The third kappa shape index (κ3) is 2.46. The number of carbonyl (C=O) groups is 2. The maximum absolute atomic E-state index is 11.1. The fourth-order valence-corrected chi connectivity index (χ4v) is 1.96. The lowest BCUT2D eigenvalue weighted by atomic mass is 10.2. The molecule has 0 saturated carbocycles. The summed E-state index contributed by atoms with van der Waals surface area (Å²) in [6, 6.07) is -0.324. The van der Waals surface area contributed by atoms with E-state index in [4.69, 9.17) is 18.0 Å². The third-order valence-corrected chi connectivity index (χ3v) is 2.61. The highest BCUT2D eigenvalue weighted by molar-refractivity contribution is 8.33. The van der Waals surface area contributed by atoms with Crippen molar-refractivity contribution < 1.29 is 9.59 Å². The Morgan fingerprint density at radius 1 is 1.75 bits per heavy atom. The molecule has 1 amide bonds. The van der Waals surface area contributed by atoms with E-state index in [0.29, 0.717) is 10.7 Å². The molecule has 0 aromatic heterocycles. The van der Waals surface area contributed by atoms with Gasteiger partial charge in [0.1, 0.15) is 4.32 Å². The van der Waals surface area contributed by atoms with Crippen LogP contribution in [0.25, 0.3) is 0 Å². The van der Waals surface area contributed by atoms with E-state index in [0.717, 1.165) is 11.8 Å². The van der Waals surface area contributed by atoms with Crippen molar-refractivity contribution in [2.75, 3.05) is 0 Å². The molecule has 0 bridgehead atoms. The molecule has 1 unspecified atom stereocenters. The third-order valence-electron chi connectivity index (χ3n) is 1.45. The number of thiocarbonyl (C=S) groups is 1. The molecule has 0 aliphatic carbocycles. The first-order valence-corrected chi connectivity index (χ1v) is 4.62. The fourth-order valence-electron chi connectivity index (χ4n) is 0.870. The minimum Gasteiger partial charge on any atom is -0.370 e. The maximum atomic E-state index is 11.1. The summed E-state index contributed by atoms with van der Waals surface area (Å²) in [7, 11) is 0. The van der Waals surface area contributed by atoms with Crippen molar-refractivity contribution in [3.63, 3.8) is 0 Å². The lowest BCUT2D eigenvalue weighted by Gasteiger charge is -2.04. The first kappa shape index (κ1) is 9.47. The normalized spacial score (nSPS) is 22.5. The van der Waals surface area contributed by atoms with Crippen LogP contribution in [0, 0.1) is 0 Å². The summed E-state index contributed by atoms with van der Waals surface area (Å²) in [6.07, 6.45) is 0.647. The molecule has 66 valence electrons. The Kier molecular flexibility index (Phi) is 3.05. The van der Waals surface area contributed by atoms with Gasteiger partial charge in [0.2, 0.25) is 11.0 Å². The number of nitrogens with one attached hydrogen (secondary N) is 1. The summed E-state index contributed by atoms with van der Waals surface area (Å²) in [4.78, 5) is 21.4. The summed E-state index contributed by atoms with van der Waals surface area (Å²) in [6.45, 7) is 0. The Morgan fingerprint density at radius 3 is 2.83 bits per heavy atom. The highest BCUT2D eigenvalue weighted by Gasteiger charge is 2.28. The molecule has 1 heterocycles. The van der Waals surface area contributed by atoms with Crippen LogP contribution < -0.4 is 11.1 Å². The van der Waals surface area contributed by atoms with E-state index in [9.17, 15) is 9.59 Å². The van der Waals surface area contributed by atoms with E-state index in [1.807, 2.05) is 0 Å². The number of amides is 1. The zero-order valence-electron chi connectivity index (χ0n) is 6.20. The lowest BCUT2D eigenvalue weighted by Crippen LogP contribution is -2.29. The minimum absolute atomic E-state index is 0.0266. The van der Waals surface area contributed by atoms with Crippen LogP contribution in [0.15, 0.2) is 0 Å². The Hall–Kier alpha value is -0.620. The molecular weight excluding hydrogens is 196 g/mol. The van der Waals surface area contributed by atoms with Gasteiger partial charge in [-0.15, -0.1) is 0 Å². The van der Waals surface area contributed by atoms with Crippen LogP contribution >= 0.6 is 24.0 Å². The van der Waals surface area contributed by atoms with Gasteiger partial charge in [-0.2, -0.15) is 0 Å². The first-order valence-electron chi connectivity index (χ1n) is 3.40. The van der Waals surface area contributed by atoms with Crippen molar-refractivity contribution in [2.24, 2.45) is 5.73 Å². The van der Waals surface area contributed by atoms with Crippen LogP contribution in [0.2, 0.25) is 0 Å². The number of hydrogen-bond acceptors (Lipinski definition) is 4. The van der Waals surface area contributed by atoms with Gasteiger partial charge in [-0.3, -0.25) is 9.59 Å². The number of nitrogens with two attached hydrogens (primary N) is 1. The molecule has 0 spiro atoms. The van der Waals surface area contributed by atoms with E-state index in [-0.39, 0.29) is 17.6 Å². The van der Waals surface area contributed by atoms with Crippen LogP contribution in [-0.4, -0.2) is 21.4 Å². The van der Waals surface area contributed by atoms with Crippen molar-refractivity contribution in [1.29, 1.82) is 0 Å². The largest absolute Gasteiger partial charge is 0.370 e. The van der Waals surface area contributed by atoms with E-state index in [2.05, 4.69) is 5.32 Å². The number of hydrogen-bond donors (Lipinski definition) is 2. The van der Waals surface area contributed by atoms with Crippen molar-refractivity contribution in [3.05, 3.63) is 0 Å². The van der Waals surface area contributed by atoms with Gasteiger partial charge < -0.3 is 11.1 Å². The molecule has 1 rings (SSSR count). The Bertz CT molecular complexity index is 242. The second-order valence-electron chi connectivity index (χ2n) is 2.41. The number of rotatable bonds is 3. The van der Waals surface area contributed by atoms with Gasteiger partial charge in [-0.05, 0) is 18.2 Å². The van der Waals surface area contributed by atoms with Gasteiger partial charge >= 0.3 is 0 Å². The minimum atomic E-state index is -0.396. The van der Waals surface area contributed by atoms with Crippen molar-refractivity contribution in [1.82, 2.24) is 5.32 Å². The van der Waals surface area contributed by atoms with Gasteiger partial charge in [-0.25, -0.2) is 0 Å². The second kappa shape index (κ2) is 3.86. The number of thioether (sulfide) groups is 1. The molecular formula is C6H8N2O2S2. The average molecular weight is 204 g/mol. The Labute approximate surface area is 79.3 Å². The zero-order valence-corrected chi connectivity index (χ0v) is 7.83. The summed E-state index contributed by atoms with van der Waals surface area (Å²) < 4.78 is 0.481. The predicted molar refractivity (Wildman–Crippen MR) is 50.5 cm³/mol. The Morgan fingerprint density at radius 2 is 2.42 bits per heavy atom. The van der Waals surface area contributed by atoms with E-state index in [1.165, 1.54) is 0 Å². The molecule has 1 aliphatic heterocycles. The summed E-state index contributed by atoms with van der Waals surface area (Å²) in [5.74, 6) is -0.396. The maximum Gasteiger partial charge on any atom is 0.218 e. The van der Waals surface area contributed by atoms with Crippen LogP contribution in [0.3, 0.4) is 0 Å². The molecule has 3 N–H and O–H groups in total. The topological polar surface area (TPSA) is 72.2 Å². The molecule has 1 fully saturated rings. The monoisotopic (exact) mass is 204 g/mol.